The van der Waals surface area contributed by atoms with Crippen LogP contribution in [0.3, 0.4) is 0 Å². The van der Waals surface area contributed by atoms with E-state index in [9.17, 15) is 0 Å². The molecule has 0 spiro atoms. The Morgan fingerprint density at radius 1 is 1.34 bits per heavy atom. The smallest absolute Gasteiger partial charge is 0.192 e. The molecule has 1 aliphatic heterocycles. The molecule has 1 aromatic heterocycles. The van der Waals surface area contributed by atoms with Crippen molar-refractivity contribution in [2.45, 2.75) is 51.8 Å². The number of benzene rings is 1. The Kier molecular flexibility index (Phi) is 6.74. The van der Waals surface area contributed by atoms with E-state index in [1.54, 1.807) is 7.11 Å². The van der Waals surface area contributed by atoms with E-state index in [1.165, 1.54) is 0 Å². The molecule has 2 heterocycles. The number of aryl methyl sites for hydroxylation is 1. The van der Waals surface area contributed by atoms with Gasteiger partial charge in [0, 0.05) is 39.3 Å². The highest BCUT2D eigenvalue weighted by Gasteiger charge is 2.34. The van der Waals surface area contributed by atoms with Gasteiger partial charge in [-0.05, 0) is 33.3 Å². The van der Waals surface area contributed by atoms with Crippen LogP contribution < -0.4 is 15.4 Å². The third kappa shape index (κ3) is 5.47. The molecule has 3 rings (SSSR count). The standard InChI is InChI=1S/C21H32N6O2/c1-15-25-26-19(27(15)4)14-23-20(22-11-8-12-28-5)24-17-13-21(2,3)29-18-10-7-6-9-16(17)18/h6-7,9-10,17H,8,11-14H2,1-5H3,(H2,22,23,24). The monoisotopic (exact) mass is 400 g/mol. The van der Waals surface area contributed by atoms with Gasteiger partial charge in [0.05, 0.1) is 6.04 Å². The zero-order chi connectivity index (χ0) is 20.9. The largest absolute Gasteiger partial charge is 0.487 e. The number of hydrogen-bond donors (Lipinski definition) is 2. The minimum absolute atomic E-state index is 0.102. The van der Waals surface area contributed by atoms with Crippen LogP contribution in [0.1, 0.15) is 49.9 Å². The topological polar surface area (TPSA) is 85.6 Å². The van der Waals surface area contributed by atoms with E-state index < -0.39 is 0 Å². The van der Waals surface area contributed by atoms with Gasteiger partial charge in [0.1, 0.15) is 23.7 Å². The first-order chi connectivity index (χ1) is 13.9. The van der Waals surface area contributed by atoms with Crippen LogP contribution >= 0.6 is 0 Å². The van der Waals surface area contributed by atoms with Gasteiger partial charge in [-0.15, -0.1) is 10.2 Å². The second-order valence-corrected chi connectivity index (χ2v) is 7.96. The Hall–Kier alpha value is -2.61. The molecule has 0 radical (unpaired) electrons. The summed E-state index contributed by atoms with van der Waals surface area (Å²) in [6, 6.07) is 8.28. The van der Waals surface area contributed by atoms with Crippen molar-refractivity contribution in [2.75, 3.05) is 20.3 Å². The first kappa shape index (κ1) is 21.1. The quantitative estimate of drug-likeness (QED) is 0.422. The van der Waals surface area contributed by atoms with E-state index in [-0.39, 0.29) is 11.6 Å². The molecule has 0 amide bonds. The fraction of sp³-hybridized carbons (Fsp3) is 0.571. The number of para-hydroxylation sites is 1. The molecule has 158 valence electrons. The molecule has 8 nitrogen and oxygen atoms in total. The summed E-state index contributed by atoms with van der Waals surface area (Å²) < 4.78 is 13.3. The lowest BCUT2D eigenvalue weighted by molar-refractivity contribution is 0.0694. The summed E-state index contributed by atoms with van der Waals surface area (Å²) in [5.41, 5.74) is 0.890. The summed E-state index contributed by atoms with van der Waals surface area (Å²) in [5, 5.41) is 15.3. The van der Waals surface area contributed by atoms with Gasteiger partial charge in [-0.2, -0.15) is 0 Å². The number of methoxy groups -OCH3 is 1. The fourth-order valence-corrected chi connectivity index (χ4v) is 3.41. The Balaban J connectivity index is 1.78. The lowest BCUT2D eigenvalue weighted by Crippen LogP contribution is -2.45. The van der Waals surface area contributed by atoms with E-state index in [1.807, 2.05) is 36.7 Å². The van der Waals surface area contributed by atoms with Crippen molar-refractivity contribution in [3.63, 3.8) is 0 Å². The molecule has 1 unspecified atom stereocenters. The van der Waals surface area contributed by atoms with E-state index in [2.05, 4.69) is 40.7 Å². The number of rotatable bonds is 7. The highest BCUT2D eigenvalue weighted by atomic mass is 16.5. The van der Waals surface area contributed by atoms with Crippen molar-refractivity contribution >= 4 is 5.96 Å². The molecule has 1 atom stereocenters. The van der Waals surface area contributed by atoms with Crippen molar-refractivity contribution < 1.29 is 9.47 Å². The Morgan fingerprint density at radius 2 is 2.14 bits per heavy atom. The molecule has 0 saturated carbocycles. The van der Waals surface area contributed by atoms with Crippen LogP contribution in [-0.2, 0) is 18.3 Å². The lowest BCUT2D eigenvalue weighted by atomic mass is 9.90. The number of hydrogen-bond acceptors (Lipinski definition) is 5. The lowest BCUT2D eigenvalue weighted by Gasteiger charge is -2.38. The molecule has 0 fully saturated rings. The van der Waals surface area contributed by atoms with Gasteiger partial charge in [-0.25, -0.2) is 4.99 Å². The van der Waals surface area contributed by atoms with Gasteiger partial charge in [-0.1, -0.05) is 18.2 Å². The summed E-state index contributed by atoms with van der Waals surface area (Å²) in [6.45, 7) is 8.09. The Labute approximate surface area is 172 Å². The summed E-state index contributed by atoms with van der Waals surface area (Å²) in [6.07, 6.45) is 1.74. The van der Waals surface area contributed by atoms with Crippen molar-refractivity contribution in [1.82, 2.24) is 25.4 Å². The highest BCUT2D eigenvalue weighted by Crippen LogP contribution is 2.39. The summed E-state index contributed by atoms with van der Waals surface area (Å²) in [4.78, 5) is 4.77. The Bertz CT molecular complexity index is 845. The molecular weight excluding hydrogens is 368 g/mol. The summed E-state index contributed by atoms with van der Waals surface area (Å²) in [7, 11) is 3.67. The maximum Gasteiger partial charge on any atom is 0.192 e. The number of aromatic nitrogens is 3. The van der Waals surface area contributed by atoms with Crippen LogP contribution in [0.15, 0.2) is 29.3 Å². The molecule has 1 aliphatic rings. The second kappa shape index (κ2) is 9.26. The fourth-order valence-electron chi connectivity index (χ4n) is 3.41. The molecule has 0 saturated heterocycles. The number of nitrogens with one attached hydrogen (secondary N) is 2. The van der Waals surface area contributed by atoms with Crippen molar-refractivity contribution in [3.8, 4) is 5.75 Å². The highest BCUT2D eigenvalue weighted by molar-refractivity contribution is 5.80. The van der Waals surface area contributed by atoms with Crippen LogP contribution in [0.4, 0.5) is 0 Å². The molecule has 2 N–H and O–H groups in total. The van der Waals surface area contributed by atoms with E-state index in [4.69, 9.17) is 14.5 Å². The van der Waals surface area contributed by atoms with Crippen LogP contribution in [0.2, 0.25) is 0 Å². The number of ether oxygens (including phenoxy) is 2. The number of fused-ring (bicyclic) bond motifs is 1. The van der Waals surface area contributed by atoms with E-state index >= 15 is 0 Å². The van der Waals surface area contributed by atoms with E-state index in [0.717, 1.165) is 48.3 Å². The predicted molar refractivity (Wildman–Crippen MR) is 113 cm³/mol. The average Bonchev–Trinajstić information content (AvgIpc) is 3.00. The van der Waals surface area contributed by atoms with Crippen LogP contribution in [0.25, 0.3) is 0 Å². The van der Waals surface area contributed by atoms with Crippen molar-refractivity contribution in [3.05, 3.63) is 41.5 Å². The SMILES string of the molecule is COCCCNC(=NCc1nnc(C)n1C)NC1CC(C)(C)Oc2ccccc21. The van der Waals surface area contributed by atoms with Crippen molar-refractivity contribution in [2.24, 2.45) is 12.0 Å². The average molecular weight is 401 g/mol. The van der Waals surface area contributed by atoms with Crippen LogP contribution in [0.5, 0.6) is 5.75 Å². The van der Waals surface area contributed by atoms with Crippen LogP contribution in [-0.4, -0.2) is 46.6 Å². The molecule has 8 heteroatoms. The van der Waals surface area contributed by atoms with Crippen LogP contribution in [0, 0.1) is 6.92 Å². The zero-order valence-electron chi connectivity index (χ0n) is 18.0. The zero-order valence-corrected chi connectivity index (χ0v) is 18.0. The first-order valence-corrected chi connectivity index (χ1v) is 10.1. The summed E-state index contributed by atoms with van der Waals surface area (Å²) in [5.74, 6) is 3.37. The minimum Gasteiger partial charge on any atom is -0.487 e. The van der Waals surface area contributed by atoms with Gasteiger partial charge in [-0.3, -0.25) is 0 Å². The maximum atomic E-state index is 6.15. The molecular formula is C21H32N6O2. The summed E-state index contributed by atoms with van der Waals surface area (Å²) >= 11 is 0. The molecule has 1 aromatic carbocycles. The number of aliphatic imine (C=N–C) groups is 1. The second-order valence-electron chi connectivity index (χ2n) is 7.96. The molecule has 0 bridgehead atoms. The number of guanidine groups is 1. The first-order valence-electron chi connectivity index (χ1n) is 10.1. The van der Waals surface area contributed by atoms with Gasteiger partial charge in [0.2, 0.25) is 0 Å². The predicted octanol–water partition coefficient (Wildman–Crippen LogP) is 2.50. The maximum absolute atomic E-state index is 6.15. The normalized spacial score (nSPS) is 18.1. The third-order valence-electron chi connectivity index (χ3n) is 5.07. The molecule has 0 aliphatic carbocycles. The Morgan fingerprint density at radius 3 is 2.86 bits per heavy atom. The van der Waals surface area contributed by atoms with E-state index in [0.29, 0.717) is 13.2 Å². The van der Waals surface area contributed by atoms with Gasteiger partial charge in [0.25, 0.3) is 0 Å². The van der Waals surface area contributed by atoms with Gasteiger partial charge in [0.15, 0.2) is 11.8 Å². The van der Waals surface area contributed by atoms with Gasteiger partial charge >= 0.3 is 0 Å². The third-order valence-corrected chi connectivity index (χ3v) is 5.07. The minimum atomic E-state index is -0.256. The number of nitrogens with zero attached hydrogens (tertiary/aromatic N) is 4. The molecule has 29 heavy (non-hydrogen) atoms. The molecule has 2 aromatic rings. The van der Waals surface area contributed by atoms with Gasteiger partial charge < -0.3 is 24.7 Å². The van der Waals surface area contributed by atoms with Crippen molar-refractivity contribution in [1.29, 1.82) is 0 Å².